The predicted molar refractivity (Wildman–Crippen MR) is 89.8 cm³/mol. The number of amides is 2. The van der Waals surface area contributed by atoms with Gasteiger partial charge in [0.05, 0.1) is 6.04 Å². The first-order valence-corrected chi connectivity index (χ1v) is 8.90. The van der Waals surface area contributed by atoms with Crippen molar-refractivity contribution >= 4 is 17.8 Å². The van der Waals surface area contributed by atoms with Crippen molar-refractivity contribution in [2.24, 2.45) is 0 Å². The highest BCUT2D eigenvalue weighted by Crippen LogP contribution is 2.22. The Hall–Kier alpha value is -1.16. The van der Waals surface area contributed by atoms with E-state index >= 15 is 0 Å². The smallest absolute Gasteiger partial charge is 0.318 e. The van der Waals surface area contributed by atoms with Gasteiger partial charge in [-0.25, -0.2) is 4.79 Å². The third kappa shape index (κ3) is 4.40. The van der Waals surface area contributed by atoms with E-state index in [4.69, 9.17) is 0 Å². The molecule has 1 aromatic carbocycles. The summed E-state index contributed by atoms with van der Waals surface area (Å²) in [6.45, 7) is 7.22. The predicted octanol–water partition coefficient (Wildman–Crippen LogP) is 4.44. The highest BCUT2D eigenvalue weighted by Gasteiger charge is 2.24. The fraction of sp³-hybridized carbons (Fsp3) is 0.588. The van der Waals surface area contributed by atoms with Crippen LogP contribution in [-0.2, 0) is 0 Å². The summed E-state index contributed by atoms with van der Waals surface area (Å²) >= 11 is 1.84. The summed E-state index contributed by atoms with van der Waals surface area (Å²) in [7, 11) is 0. The van der Waals surface area contributed by atoms with Crippen molar-refractivity contribution in [3.63, 3.8) is 0 Å². The van der Waals surface area contributed by atoms with Crippen LogP contribution in [0.1, 0.15) is 51.6 Å². The molecular weight excluding hydrogens is 280 g/mol. The minimum atomic E-state index is 0.0484. The van der Waals surface area contributed by atoms with Crippen LogP contribution in [0.4, 0.5) is 4.79 Å². The third-order valence-electron chi connectivity index (χ3n) is 4.09. The first kappa shape index (κ1) is 16.2. The van der Waals surface area contributed by atoms with Crippen molar-refractivity contribution < 1.29 is 4.79 Å². The Morgan fingerprint density at radius 2 is 2.10 bits per heavy atom. The van der Waals surface area contributed by atoms with Crippen LogP contribution >= 0.6 is 11.8 Å². The van der Waals surface area contributed by atoms with Crippen molar-refractivity contribution in [3.8, 4) is 0 Å². The molecule has 2 unspecified atom stereocenters. The molecule has 1 aliphatic rings. The van der Waals surface area contributed by atoms with Crippen molar-refractivity contribution in [2.75, 3.05) is 12.3 Å². The van der Waals surface area contributed by atoms with E-state index in [2.05, 4.69) is 50.4 Å². The number of rotatable bonds is 4. The van der Waals surface area contributed by atoms with Crippen LogP contribution in [0, 0.1) is 0 Å². The van der Waals surface area contributed by atoms with Crippen LogP contribution in [0.25, 0.3) is 0 Å². The van der Waals surface area contributed by atoms with E-state index in [9.17, 15) is 4.79 Å². The van der Waals surface area contributed by atoms with E-state index in [-0.39, 0.29) is 12.1 Å². The minimum Gasteiger partial charge on any atom is -0.331 e. The molecule has 3 nitrogen and oxygen atoms in total. The quantitative estimate of drug-likeness (QED) is 0.834. The Bertz CT molecular complexity index is 460. The van der Waals surface area contributed by atoms with Crippen molar-refractivity contribution in [3.05, 3.63) is 29.8 Å². The van der Waals surface area contributed by atoms with Gasteiger partial charge in [0.15, 0.2) is 0 Å². The van der Waals surface area contributed by atoms with Gasteiger partial charge in [0, 0.05) is 17.5 Å². The lowest BCUT2D eigenvalue weighted by atomic mass is 10.0. The first-order chi connectivity index (χ1) is 10.1. The highest BCUT2D eigenvalue weighted by atomic mass is 32.2. The first-order valence-electron chi connectivity index (χ1n) is 7.91. The van der Waals surface area contributed by atoms with Crippen molar-refractivity contribution in [2.45, 2.75) is 57.0 Å². The largest absolute Gasteiger partial charge is 0.331 e. The molecule has 0 saturated carbocycles. The summed E-state index contributed by atoms with van der Waals surface area (Å²) in [4.78, 5) is 15.6. The van der Waals surface area contributed by atoms with Crippen molar-refractivity contribution in [1.82, 2.24) is 10.2 Å². The molecule has 0 aliphatic carbocycles. The SMILES string of the molecule is CCSc1ccc(C(C)NC(=O)N2CCCCC2C)cc1. The maximum Gasteiger partial charge on any atom is 0.318 e. The third-order valence-corrected chi connectivity index (χ3v) is 4.99. The number of carbonyl (C=O) groups excluding carboxylic acids is 1. The molecule has 0 bridgehead atoms. The number of hydrogen-bond donors (Lipinski definition) is 1. The van der Waals surface area contributed by atoms with Crippen LogP contribution in [0.3, 0.4) is 0 Å². The zero-order valence-corrected chi connectivity index (χ0v) is 14.1. The van der Waals surface area contributed by atoms with Gasteiger partial charge in [-0.05, 0) is 56.6 Å². The van der Waals surface area contributed by atoms with Gasteiger partial charge in [0.1, 0.15) is 0 Å². The van der Waals surface area contributed by atoms with Gasteiger partial charge in [0.2, 0.25) is 0 Å². The van der Waals surface area contributed by atoms with E-state index in [0.717, 1.165) is 30.7 Å². The van der Waals surface area contributed by atoms with Gasteiger partial charge in [-0.1, -0.05) is 19.1 Å². The Kier molecular flexibility index (Phi) is 5.97. The molecule has 1 N–H and O–H groups in total. The average molecular weight is 306 g/mol. The van der Waals surface area contributed by atoms with Gasteiger partial charge in [0.25, 0.3) is 0 Å². The van der Waals surface area contributed by atoms with E-state index < -0.39 is 0 Å². The number of carbonyl (C=O) groups is 1. The summed E-state index contributed by atoms with van der Waals surface area (Å²) in [6.07, 6.45) is 3.47. The van der Waals surface area contributed by atoms with E-state index in [1.807, 2.05) is 16.7 Å². The molecule has 2 rings (SSSR count). The number of hydrogen-bond acceptors (Lipinski definition) is 2. The van der Waals surface area contributed by atoms with Crippen molar-refractivity contribution in [1.29, 1.82) is 0 Å². The molecule has 1 heterocycles. The molecule has 1 saturated heterocycles. The molecule has 2 amide bonds. The normalized spacial score (nSPS) is 20.1. The molecule has 116 valence electrons. The molecule has 4 heteroatoms. The lowest BCUT2D eigenvalue weighted by molar-refractivity contribution is 0.155. The zero-order chi connectivity index (χ0) is 15.2. The monoisotopic (exact) mass is 306 g/mol. The molecule has 2 atom stereocenters. The summed E-state index contributed by atoms with van der Waals surface area (Å²) in [5.74, 6) is 1.08. The second kappa shape index (κ2) is 7.74. The summed E-state index contributed by atoms with van der Waals surface area (Å²) in [5, 5.41) is 3.13. The second-order valence-electron chi connectivity index (χ2n) is 5.71. The highest BCUT2D eigenvalue weighted by molar-refractivity contribution is 7.99. The lowest BCUT2D eigenvalue weighted by Crippen LogP contribution is -2.48. The fourth-order valence-corrected chi connectivity index (χ4v) is 3.43. The topological polar surface area (TPSA) is 32.3 Å². The number of likely N-dealkylation sites (tertiary alicyclic amines) is 1. The van der Waals surface area contributed by atoms with E-state index in [1.165, 1.54) is 11.3 Å². The van der Waals surface area contributed by atoms with E-state index in [0.29, 0.717) is 6.04 Å². The van der Waals surface area contributed by atoms with Crippen LogP contribution in [0.2, 0.25) is 0 Å². The molecule has 21 heavy (non-hydrogen) atoms. The van der Waals surface area contributed by atoms with E-state index in [1.54, 1.807) is 0 Å². The van der Waals surface area contributed by atoms with Crippen LogP contribution in [-0.4, -0.2) is 29.3 Å². The number of urea groups is 1. The Labute approximate surface area is 132 Å². The van der Waals surface area contributed by atoms with Crippen LogP contribution in [0.15, 0.2) is 29.2 Å². The number of thioether (sulfide) groups is 1. The van der Waals surface area contributed by atoms with Crippen LogP contribution < -0.4 is 5.32 Å². The molecule has 0 aromatic heterocycles. The lowest BCUT2D eigenvalue weighted by Gasteiger charge is -2.34. The second-order valence-corrected chi connectivity index (χ2v) is 7.05. The van der Waals surface area contributed by atoms with Gasteiger partial charge < -0.3 is 10.2 Å². The van der Waals surface area contributed by atoms with Gasteiger partial charge in [-0.15, -0.1) is 11.8 Å². The Balaban J connectivity index is 1.93. The molecule has 1 aromatic rings. The van der Waals surface area contributed by atoms with Gasteiger partial charge in [-0.2, -0.15) is 0 Å². The molecule has 0 spiro atoms. The maximum absolute atomic E-state index is 12.4. The summed E-state index contributed by atoms with van der Waals surface area (Å²) in [5.41, 5.74) is 1.16. The maximum atomic E-state index is 12.4. The number of piperidine rings is 1. The molecule has 1 fully saturated rings. The van der Waals surface area contributed by atoms with Gasteiger partial charge >= 0.3 is 6.03 Å². The Morgan fingerprint density at radius 3 is 2.71 bits per heavy atom. The fourth-order valence-electron chi connectivity index (χ4n) is 2.77. The molecular formula is C17H26N2OS. The van der Waals surface area contributed by atoms with Gasteiger partial charge in [-0.3, -0.25) is 0 Å². The zero-order valence-electron chi connectivity index (χ0n) is 13.3. The summed E-state index contributed by atoms with van der Waals surface area (Å²) < 4.78 is 0. The number of benzene rings is 1. The summed E-state index contributed by atoms with van der Waals surface area (Å²) in [6, 6.07) is 8.97. The minimum absolute atomic E-state index is 0.0484. The molecule has 1 aliphatic heterocycles. The molecule has 0 radical (unpaired) electrons. The average Bonchev–Trinajstić information content (AvgIpc) is 2.48. The number of nitrogens with one attached hydrogen (secondary N) is 1. The standard InChI is InChI=1S/C17H26N2OS/c1-4-21-16-10-8-15(9-11-16)14(3)18-17(20)19-12-6-5-7-13(19)2/h8-11,13-14H,4-7,12H2,1-3H3,(H,18,20). The van der Waals surface area contributed by atoms with Crippen LogP contribution in [0.5, 0.6) is 0 Å². The number of nitrogens with zero attached hydrogens (tertiary/aromatic N) is 1. The Morgan fingerprint density at radius 1 is 1.38 bits per heavy atom.